The molecule has 0 aromatic heterocycles. The zero-order valence-electron chi connectivity index (χ0n) is 33.4. The third-order valence-corrected chi connectivity index (χ3v) is 9.12. The second-order valence-corrected chi connectivity index (χ2v) is 15.1. The SMILES string of the molecule is CC(C)(C)OCC(=O)NCC(=O)C[C@@H](CO)C(=O)N[C@@H](CCCCN)C(=O)C[C@@H](CCCCN)C(=O)N[C@@H](CCCCN)C(=O)C[C@@H](CCCCN)C(=O)O. The van der Waals surface area contributed by atoms with Gasteiger partial charge >= 0.3 is 5.97 Å². The first-order chi connectivity index (χ1) is 26.0. The van der Waals surface area contributed by atoms with Crippen molar-refractivity contribution in [2.24, 2.45) is 40.7 Å². The first-order valence-electron chi connectivity index (χ1n) is 19.8. The summed E-state index contributed by atoms with van der Waals surface area (Å²) in [4.78, 5) is 91.1. The van der Waals surface area contributed by atoms with Crippen molar-refractivity contribution >= 4 is 41.0 Å². The summed E-state index contributed by atoms with van der Waals surface area (Å²) in [5.74, 6) is -7.32. The van der Waals surface area contributed by atoms with Gasteiger partial charge in [0.15, 0.2) is 17.3 Å². The van der Waals surface area contributed by atoms with Gasteiger partial charge in [-0.3, -0.25) is 33.6 Å². The molecule has 0 saturated carbocycles. The molecule has 5 atom stereocenters. The number of aliphatic hydroxyl groups excluding tert-OH is 1. The van der Waals surface area contributed by atoms with Crippen LogP contribution in [0.25, 0.3) is 0 Å². The minimum absolute atomic E-state index is 0.190. The van der Waals surface area contributed by atoms with Gasteiger partial charge < -0.3 is 53.8 Å². The number of Topliss-reactive ketones (excluding diaryl/α,β-unsaturated/α-hetero) is 3. The molecule has 0 aromatic rings. The highest BCUT2D eigenvalue weighted by Crippen LogP contribution is 2.20. The number of carboxylic acids is 1. The average Bonchev–Trinajstić information content (AvgIpc) is 3.13. The van der Waals surface area contributed by atoms with Crippen molar-refractivity contribution in [3.05, 3.63) is 0 Å². The van der Waals surface area contributed by atoms with Gasteiger partial charge in [0.05, 0.1) is 42.7 Å². The summed E-state index contributed by atoms with van der Waals surface area (Å²) < 4.78 is 5.39. The van der Waals surface area contributed by atoms with Crippen molar-refractivity contribution in [3.8, 4) is 0 Å². The van der Waals surface area contributed by atoms with Gasteiger partial charge in [-0.05, 0) is 111 Å². The maximum absolute atomic E-state index is 13.8. The van der Waals surface area contributed by atoms with Crippen molar-refractivity contribution in [1.29, 1.82) is 0 Å². The van der Waals surface area contributed by atoms with E-state index in [9.17, 15) is 43.8 Å². The molecule has 55 heavy (non-hydrogen) atoms. The van der Waals surface area contributed by atoms with Crippen LogP contribution in [-0.4, -0.2) is 115 Å². The van der Waals surface area contributed by atoms with E-state index in [0.717, 1.165) is 0 Å². The van der Waals surface area contributed by atoms with Crippen LogP contribution in [-0.2, 0) is 38.3 Å². The molecule has 0 aliphatic rings. The second kappa shape index (κ2) is 29.9. The number of rotatable bonds is 34. The largest absolute Gasteiger partial charge is 0.481 e. The molecule has 0 spiro atoms. The number of ketones is 3. The van der Waals surface area contributed by atoms with Crippen LogP contribution < -0.4 is 38.9 Å². The topological polar surface area (TPSA) is 309 Å². The fraction of sp³-hybridized carbons (Fsp3) is 0.816. The summed E-state index contributed by atoms with van der Waals surface area (Å²) in [6, 6.07) is -2.05. The molecule has 0 saturated heterocycles. The molecule has 0 aliphatic carbocycles. The Balaban J connectivity index is 5.96. The van der Waals surface area contributed by atoms with Crippen molar-refractivity contribution in [3.63, 3.8) is 0 Å². The number of hydrogen-bond acceptors (Lipinski definition) is 13. The Labute approximate surface area is 326 Å². The lowest BCUT2D eigenvalue weighted by Gasteiger charge is -2.25. The number of carbonyl (C=O) groups excluding carboxylic acids is 6. The number of aliphatic carboxylic acids is 1. The van der Waals surface area contributed by atoms with Crippen LogP contribution in [0, 0.1) is 17.8 Å². The first kappa shape index (κ1) is 51.6. The van der Waals surface area contributed by atoms with Gasteiger partial charge in [-0.15, -0.1) is 0 Å². The summed E-state index contributed by atoms with van der Waals surface area (Å²) in [6.07, 6.45) is 4.38. The number of hydrogen-bond donors (Lipinski definition) is 9. The number of amides is 3. The van der Waals surface area contributed by atoms with Crippen LogP contribution >= 0.6 is 0 Å². The number of aliphatic hydroxyl groups is 1. The standard InChI is InChI=1S/C38H71N7O10/c1-38(2,3)55-25-34(50)43-23-29(47)20-28(24-46)36(52)45-30(14-6-10-18-41)32(48)21-26(12-4-8-16-39)35(51)44-31(15-7-11-19-42)33(49)22-27(37(53)54)13-5-9-17-40/h26-28,30-31,46H,4-25,39-42H2,1-3H3,(H,43,50)(H,44,51)(H,45,52)(H,53,54)/t26-,27-,28+,30+,31+/m1/s1. The van der Waals surface area contributed by atoms with Crippen LogP contribution in [0.5, 0.6) is 0 Å². The molecule has 0 rings (SSSR count). The molecule has 0 bridgehead atoms. The summed E-state index contributed by atoms with van der Waals surface area (Å²) in [5, 5.41) is 27.6. The molecule has 318 valence electrons. The monoisotopic (exact) mass is 786 g/mol. The lowest BCUT2D eigenvalue weighted by Crippen LogP contribution is -2.48. The number of carboxylic acid groups (broad SMARTS) is 1. The van der Waals surface area contributed by atoms with Gasteiger partial charge in [-0.2, -0.15) is 0 Å². The molecule has 17 nitrogen and oxygen atoms in total. The summed E-state index contributed by atoms with van der Waals surface area (Å²) in [6.45, 7) is 5.47. The quantitative estimate of drug-likeness (QED) is 0.0394. The Hall–Kier alpha value is -3.35. The fourth-order valence-corrected chi connectivity index (χ4v) is 5.79. The zero-order chi connectivity index (χ0) is 41.8. The van der Waals surface area contributed by atoms with Crippen LogP contribution in [0.2, 0.25) is 0 Å². The van der Waals surface area contributed by atoms with Crippen LogP contribution in [0.15, 0.2) is 0 Å². The molecular formula is C38H71N7O10. The normalized spacial score (nSPS) is 14.3. The molecule has 13 N–H and O–H groups in total. The Bertz CT molecular complexity index is 1180. The van der Waals surface area contributed by atoms with Gasteiger partial charge in [0.25, 0.3) is 0 Å². The van der Waals surface area contributed by atoms with Crippen molar-refractivity contribution in [2.45, 2.75) is 135 Å². The lowest BCUT2D eigenvalue weighted by molar-refractivity contribution is -0.144. The second-order valence-electron chi connectivity index (χ2n) is 15.1. The Morgan fingerprint density at radius 2 is 1.02 bits per heavy atom. The first-order valence-corrected chi connectivity index (χ1v) is 19.8. The average molecular weight is 786 g/mol. The predicted octanol–water partition coefficient (Wildman–Crippen LogP) is 0.206. The van der Waals surface area contributed by atoms with E-state index in [4.69, 9.17) is 27.7 Å². The van der Waals surface area contributed by atoms with Crippen LogP contribution in [0.4, 0.5) is 0 Å². The van der Waals surface area contributed by atoms with Gasteiger partial charge in [0.2, 0.25) is 17.7 Å². The molecule has 0 unspecified atom stereocenters. The highest BCUT2D eigenvalue weighted by molar-refractivity contribution is 5.96. The number of carbonyl (C=O) groups is 7. The van der Waals surface area contributed by atoms with Crippen molar-refractivity contribution < 1.29 is 48.5 Å². The number of nitrogens with one attached hydrogen (secondary N) is 3. The van der Waals surface area contributed by atoms with Crippen LogP contribution in [0.1, 0.15) is 117 Å². The van der Waals surface area contributed by atoms with Crippen molar-refractivity contribution in [2.75, 3.05) is 45.9 Å². The molecule has 3 amide bonds. The highest BCUT2D eigenvalue weighted by atomic mass is 16.5. The molecule has 0 heterocycles. The molecule has 0 radical (unpaired) electrons. The van der Waals surface area contributed by atoms with E-state index >= 15 is 0 Å². The minimum atomic E-state index is -1.20. The van der Waals surface area contributed by atoms with Gasteiger partial charge in [0, 0.05) is 25.2 Å². The fourth-order valence-electron chi connectivity index (χ4n) is 5.79. The summed E-state index contributed by atoms with van der Waals surface area (Å²) in [7, 11) is 0. The van der Waals surface area contributed by atoms with E-state index in [2.05, 4.69) is 16.0 Å². The molecule has 0 fully saturated rings. The van der Waals surface area contributed by atoms with Crippen molar-refractivity contribution in [1.82, 2.24) is 16.0 Å². The van der Waals surface area contributed by atoms with E-state index in [1.54, 1.807) is 20.8 Å². The molecule has 0 aliphatic heterocycles. The number of unbranched alkanes of at least 4 members (excludes halogenated alkanes) is 4. The highest BCUT2D eigenvalue weighted by Gasteiger charge is 2.33. The number of nitrogens with two attached hydrogens (primary N) is 4. The summed E-state index contributed by atoms with van der Waals surface area (Å²) >= 11 is 0. The molecule has 0 aromatic carbocycles. The predicted molar refractivity (Wildman–Crippen MR) is 208 cm³/mol. The Kier molecular flexibility index (Phi) is 28.1. The van der Waals surface area contributed by atoms with E-state index in [0.29, 0.717) is 77.5 Å². The van der Waals surface area contributed by atoms with Gasteiger partial charge in [-0.1, -0.05) is 12.8 Å². The summed E-state index contributed by atoms with van der Waals surface area (Å²) in [5.41, 5.74) is 22.0. The molecular weight excluding hydrogens is 714 g/mol. The maximum atomic E-state index is 13.8. The lowest BCUT2D eigenvalue weighted by atomic mass is 9.89. The van der Waals surface area contributed by atoms with Gasteiger partial charge in [-0.25, -0.2) is 0 Å². The Morgan fingerprint density at radius 1 is 0.600 bits per heavy atom. The van der Waals surface area contributed by atoms with E-state index in [-0.39, 0.29) is 51.7 Å². The smallest absolute Gasteiger partial charge is 0.306 e. The molecule has 17 heteroatoms. The third kappa shape index (κ3) is 24.7. The number of ether oxygens (including phenoxy) is 1. The zero-order valence-corrected chi connectivity index (χ0v) is 33.4. The van der Waals surface area contributed by atoms with E-state index in [1.807, 2.05) is 0 Å². The third-order valence-electron chi connectivity index (χ3n) is 9.12. The van der Waals surface area contributed by atoms with E-state index < -0.39 is 89.5 Å². The minimum Gasteiger partial charge on any atom is -0.481 e. The Morgan fingerprint density at radius 3 is 1.44 bits per heavy atom. The van der Waals surface area contributed by atoms with Gasteiger partial charge in [0.1, 0.15) is 6.61 Å². The maximum Gasteiger partial charge on any atom is 0.306 e. The van der Waals surface area contributed by atoms with Crippen LogP contribution in [0.3, 0.4) is 0 Å². The van der Waals surface area contributed by atoms with E-state index in [1.165, 1.54) is 0 Å².